The number of benzene rings is 1. The lowest BCUT2D eigenvalue weighted by atomic mass is 9.77. The predicted molar refractivity (Wildman–Crippen MR) is 75.3 cm³/mol. The Kier molecular flexibility index (Phi) is 3.69. The Balaban J connectivity index is 2.06. The average Bonchev–Trinajstić information content (AvgIpc) is 2.38. The summed E-state index contributed by atoms with van der Waals surface area (Å²) in [5, 5.41) is 0. The van der Waals surface area contributed by atoms with Crippen LogP contribution in [0.2, 0.25) is 0 Å². The van der Waals surface area contributed by atoms with Crippen molar-refractivity contribution in [3.05, 3.63) is 35.9 Å². The van der Waals surface area contributed by atoms with Crippen molar-refractivity contribution in [2.45, 2.75) is 64.1 Å². The number of unbranched alkanes of at least 4 members (excludes halogenated alkanes) is 2. The number of rotatable bonds is 5. The summed E-state index contributed by atoms with van der Waals surface area (Å²) in [4.78, 5) is 0. The molecule has 94 valence electrons. The Morgan fingerprint density at radius 2 is 2.00 bits per heavy atom. The third kappa shape index (κ3) is 3.87. The van der Waals surface area contributed by atoms with E-state index in [0.717, 1.165) is 18.4 Å². The minimum atomic E-state index is -1.25. The van der Waals surface area contributed by atoms with E-state index < -0.39 is 6.37 Å². The molecular formula is C17H26. The fourth-order valence-corrected chi connectivity index (χ4v) is 2.61. The zero-order chi connectivity index (χ0) is 14.6. The summed E-state index contributed by atoms with van der Waals surface area (Å²) in [6.07, 6.45) is 4.61. The van der Waals surface area contributed by atoms with Gasteiger partial charge in [-0.3, -0.25) is 0 Å². The van der Waals surface area contributed by atoms with Crippen LogP contribution >= 0.6 is 0 Å². The highest BCUT2D eigenvalue weighted by molar-refractivity contribution is 5.19. The van der Waals surface area contributed by atoms with Crippen molar-refractivity contribution in [2.24, 2.45) is 5.92 Å². The van der Waals surface area contributed by atoms with E-state index in [4.69, 9.17) is 4.11 Å². The molecular weight excluding hydrogens is 204 g/mol. The van der Waals surface area contributed by atoms with Crippen molar-refractivity contribution >= 4 is 0 Å². The lowest BCUT2D eigenvalue weighted by Crippen LogP contribution is -2.13. The highest BCUT2D eigenvalue weighted by atomic mass is 14.3. The molecule has 0 bridgehead atoms. The standard InChI is InChI=1S/C17H26/c1-2-3-5-8-15-11-13-17(14-12-15)16-9-6-4-7-10-16/h4,6-7,9-10,15,17H,2-3,5,8,11-14H2,1H3/t15-,17-/i13D,14D2/t13?,15-,17-/m0/s1. The maximum Gasteiger partial charge on any atom is 0.0273 e. The molecule has 0 saturated heterocycles. The van der Waals surface area contributed by atoms with Crippen LogP contribution in [0, 0.1) is 5.92 Å². The second-order valence-corrected chi connectivity index (χ2v) is 5.13. The van der Waals surface area contributed by atoms with Gasteiger partial charge in [0.05, 0.1) is 0 Å². The van der Waals surface area contributed by atoms with Gasteiger partial charge < -0.3 is 0 Å². The van der Waals surface area contributed by atoms with Crippen LogP contribution < -0.4 is 0 Å². The molecule has 0 heteroatoms. The Morgan fingerprint density at radius 3 is 2.71 bits per heavy atom. The minimum absolute atomic E-state index is 0.272. The van der Waals surface area contributed by atoms with Crippen molar-refractivity contribution in [2.75, 3.05) is 0 Å². The summed E-state index contributed by atoms with van der Waals surface area (Å²) in [6, 6.07) is 9.80. The molecule has 1 fully saturated rings. The zero-order valence-corrected chi connectivity index (χ0v) is 10.9. The van der Waals surface area contributed by atoms with Crippen LogP contribution in [0.1, 0.15) is 73.8 Å². The molecule has 1 aromatic rings. The maximum atomic E-state index is 8.41. The van der Waals surface area contributed by atoms with Gasteiger partial charge in [0.15, 0.2) is 0 Å². The zero-order valence-electron chi connectivity index (χ0n) is 13.9. The van der Waals surface area contributed by atoms with Crippen molar-refractivity contribution in [1.82, 2.24) is 0 Å². The molecule has 0 nitrogen and oxygen atoms in total. The summed E-state index contributed by atoms with van der Waals surface area (Å²) >= 11 is 0. The van der Waals surface area contributed by atoms with Crippen molar-refractivity contribution in [1.29, 1.82) is 0 Å². The normalized spacial score (nSPS) is 34.6. The maximum absolute atomic E-state index is 8.41. The Bertz CT molecular complexity index is 402. The minimum Gasteiger partial charge on any atom is -0.0654 e. The van der Waals surface area contributed by atoms with Crippen LogP contribution in [0.5, 0.6) is 0 Å². The Labute approximate surface area is 111 Å². The Morgan fingerprint density at radius 1 is 1.18 bits per heavy atom. The lowest BCUT2D eigenvalue weighted by Gasteiger charge is -2.28. The van der Waals surface area contributed by atoms with E-state index in [0.29, 0.717) is 12.3 Å². The lowest BCUT2D eigenvalue weighted by molar-refractivity contribution is 0.303. The summed E-state index contributed by atoms with van der Waals surface area (Å²) in [5.41, 5.74) is 0.990. The van der Waals surface area contributed by atoms with Crippen LogP contribution in [0.4, 0.5) is 0 Å². The van der Waals surface area contributed by atoms with E-state index in [1.807, 2.05) is 30.3 Å². The molecule has 1 unspecified atom stereocenters. The highest BCUT2D eigenvalue weighted by Gasteiger charge is 2.21. The van der Waals surface area contributed by atoms with Crippen LogP contribution in [0.25, 0.3) is 0 Å². The van der Waals surface area contributed by atoms with Crippen molar-refractivity contribution in [3.63, 3.8) is 0 Å². The molecule has 0 amide bonds. The molecule has 0 heterocycles. The van der Waals surface area contributed by atoms with Gasteiger partial charge in [-0.15, -0.1) is 0 Å². The van der Waals surface area contributed by atoms with Crippen molar-refractivity contribution in [3.8, 4) is 0 Å². The molecule has 1 aliphatic rings. The fraction of sp³-hybridized carbons (Fsp3) is 0.647. The molecule has 0 N–H and O–H groups in total. The van der Waals surface area contributed by atoms with E-state index in [-0.39, 0.29) is 12.3 Å². The highest BCUT2D eigenvalue weighted by Crippen LogP contribution is 2.37. The van der Waals surface area contributed by atoms with Gasteiger partial charge >= 0.3 is 0 Å². The first-order chi connectivity index (χ1) is 9.54. The SMILES string of the molecule is [2H]C1C[C@H](CCCCC)CC([2H])([2H])[C@H]1c1ccccc1. The van der Waals surface area contributed by atoms with Crippen LogP contribution in [0.15, 0.2) is 30.3 Å². The second kappa shape index (κ2) is 6.83. The summed E-state index contributed by atoms with van der Waals surface area (Å²) in [6.45, 7) is 2.19. The molecule has 1 aromatic carbocycles. The van der Waals surface area contributed by atoms with Gasteiger partial charge in [0, 0.05) is 4.11 Å². The molecule has 0 radical (unpaired) electrons. The van der Waals surface area contributed by atoms with E-state index in [9.17, 15) is 0 Å². The van der Waals surface area contributed by atoms with E-state index in [1.165, 1.54) is 19.3 Å². The van der Waals surface area contributed by atoms with Gasteiger partial charge in [0.25, 0.3) is 0 Å². The number of hydrogen-bond acceptors (Lipinski definition) is 0. The molecule has 0 aliphatic heterocycles. The topological polar surface area (TPSA) is 0 Å². The average molecular weight is 233 g/mol. The van der Waals surface area contributed by atoms with E-state index in [2.05, 4.69) is 6.92 Å². The van der Waals surface area contributed by atoms with E-state index in [1.54, 1.807) is 0 Å². The van der Waals surface area contributed by atoms with Gasteiger partial charge in [-0.05, 0) is 43.0 Å². The van der Waals surface area contributed by atoms with Crippen LogP contribution in [0.3, 0.4) is 0 Å². The van der Waals surface area contributed by atoms with E-state index >= 15 is 0 Å². The molecule has 1 saturated carbocycles. The molecule has 17 heavy (non-hydrogen) atoms. The van der Waals surface area contributed by atoms with Gasteiger partial charge in [-0.1, -0.05) is 62.9 Å². The van der Waals surface area contributed by atoms with Crippen LogP contribution in [-0.2, 0) is 0 Å². The first kappa shape index (κ1) is 9.19. The Hall–Kier alpha value is -0.780. The fourth-order valence-electron chi connectivity index (χ4n) is 2.61. The molecule has 3 atom stereocenters. The molecule has 0 spiro atoms. The van der Waals surface area contributed by atoms with Gasteiger partial charge in [-0.2, -0.15) is 0 Å². The second-order valence-electron chi connectivity index (χ2n) is 5.13. The third-order valence-corrected chi connectivity index (χ3v) is 3.71. The smallest absolute Gasteiger partial charge is 0.0273 e. The summed E-state index contributed by atoms with van der Waals surface area (Å²) in [7, 11) is 0. The summed E-state index contributed by atoms with van der Waals surface area (Å²) < 4.78 is 25.2. The van der Waals surface area contributed by atoms with Gasteiger partial charge in [-0.25, -0.2) is 0 Å². The predicted octanol–water partition coefficient (Wildman–Crippen LogP) is 5.54. The van der Waals surface area contributed by atoms with Crippen LogP contribution in [-0.4, -0.2) is 0 Å². The van der Waals surface area contributed by atoms with Gasteiger partial charge in [0.1, 0.15) is 0 Å². The van der Waals surface area contributed by atoms with Crippen molar-refractivity contribution < 1.29 is 4.11 Å². The molecule has 1 aliphatic carbocycles. The largest absolute Gasteiger partial charge is 0.0654 e. The quantitative estimate of drug-likeness (QED) is 0.586. The molecule has 0 aromatic heterocycles. The first-order valence-corrected chi connectivity index (χ1v) is 7.02. The monoisotopic (exact) mass is 233 g/mol. The molecule has 2 rings (SSSR count). The number of hydrogen-bond donors (Lipinski definition) is 0. The summed E-state index contributed by atoms with van der Waals surface area (Å²) in [5.74, 6) is 0.116. The third-order valence-electron chi connectivity index (χ3n) is 3.71. The van der Waals surface area contributed by atoms with Gasteiger partial charge in [0.2, 0.25) is 0 Å². The first-order valence-electron chi connectivity index (χ1n) is 8.59.